The minimum absolute atomic E-state index is 0.0384. The molecule has 0 bridgehead atoms. The first-order valence-electron chi connectivity index (χ1n) is 6.47. The third-order valence-corrected chi connectivity index (χ3v) is 3.95. The molecule has 0 atom stereocenters. The number of aliphatic hydroxyl groups excluding tert-OH is 1. The van der Waals surface area contributed by atoms with Gasteiger partial charge < -0.3 is 15.2 Å². The molecule has 0 aromatic carbocycles. The van der Waals surface area contributed by atoms with Crippen molar-refractivity contribution >= 4 is 6.09 Å². The first-order valence-corrected chi connectivity index (χ1v) is 6.47. The van der Waals surface area contributed by atoms with Gasteiger partial charge in [0.15, 0.2) is 0 Å². The number of hydrogen-bond acceptors (Lipinski definition) is 4. The summed E-state index contributed by atoms with van der Waals surface area (Å²) in [5.41, 5.74) is 0.0767. The van der Waals surface area contributed by atoms with Gasteiger partial charge in [-0.05, 0) is 47.6 Å². The second-order valence-electron chi connectivity index (χ2n) is 6.29. The molecule has 0 radical (unpaired) electrons. The van der Waals surface area contributed by atoms with Gasteiger partial charge in [-0.2, -0.15) is 0 Å². The van der Waals surface area contributed by atoms with Gasteiger partial charge in [-0.3, -0.25) is 4.90 Å². The van der Waals surface area contributed by atoms with Gasteiger partial charge in [0.1, 0.15) is 6.61 Å². The Morgan fingerprint density at radius 1 is 1.33 bits per heavy atom. The van der Waals surface area contributed by atoms with Gasteiger partial charge >= 0.3 is 6.09 Å². The van der Waals surface area contributed by atoms with Crippen molar-refractivity contribution in [3.05, 3.63) is 0 Å². The molecule has 0 saturated carbocycles. The normalized spacial score (nSPS) is 23.7. The summed E-state index contributed by atoms with van der Waals surface area (Å²) in [4.78, 5) is 13.9. The summed E-state index contributed by atoms with van der Waals surface area (Å²) in [5.74, 6) is 0. The Kier molecular flexibility index (Phi) is 4.61. The van der Waals surface area contributed by atoms with Crippen molar-refractivity contribution in [3.63, 3.8) is 0 Å². The number of aliphatic hydroxyl groups is 1. The molecule has 1 amide bonds. The van der Waals surface area contributed by atoms with Crippen LogP contribution in [0.25, 0.3) is 0 Å². The van der Waals surface area contributed by atoms with Crippen molar-refractivity contribution in [1.29, 1.82) is 0 Å². The monoisotopic (exact) mass is 258 g/mol. The van der Waals surface area contributed by atoms with E-state index in [9.17, 15) is 4.79 Å². The molecule has 1 aliphatic rings. The molecule has 0 unspecified atom stereocenters. The maximum atomic E-state index is 11.5. The van der Waals surface area contributed by atoms with Crippen LogP contribution in [0.15, 0.2) is 0 Å². The molecule has 0 aliphatic carbocycles. The summed E-state index contributed by atoms with van der Waals surface area (Å²) in [6, 6.07) is 0.109. The maximum Gasteiger partial charge on any atom is 0.407 e. The fourth-order valence-corrected chi connectivity index (χ4v) is 2.82. The highest BCUT2D eigenvalue weighted by Gasteiger charge is 2.43. The van der Waals surface area contributed by atoms with E-state index in [-0.39, 0.29) is 30.3 Å². The van der Waals surface area contributed by atoms with E-state index in [1.54, 1.807) is 0 Å². The van der Waals surface area contributed by atoms with Crippen LogP contribution in [0, 0.1) is 0 Å². The number of carbonyl (C=O) groups excluding carboxylic acids is 1. The number of nitrogens with zero attached hydrogens (tertiary/aromatic N) is 1. The zero-order valence-corrected chi connectivity index (χ0v) is 12.1. The summed E-state index contributed by atoms with van der Waals surface area (Å²) in [6.45, 7) is 8.63. The Hall–Kier alpha value is -0.810. The molecule has 5 nitrogen and oxygen atoms in total. The van der Waals surface area contributed by atoms with Gasteiger partial charge in [0.05, 0.1) is 6.61 Å². The number of piperidine rings is 1. The zero-order valence-electron chi connectivity index (χ0n) is 12.1. The number of nitrogens with one attached hydrogen (secondary N) is 1. The van der Waals surface area contributed by atoms with Crippen molar-refractivity contribution in [2.75, 3.05) is 20.3 Å². The average molecular weight is 258 g/mol. The third kappa shape index (κ3) is 3.59. The standard InChI is InChI=1S/C13H26N2O3/c1-12(2)8-10(9-13(3,4)15(12)5)14-11(17)18-7-6-16/h10,16H,6-9H2,1-5H3,(H,14,17). The molecule has 1 saturated heterocycles. The Bertz CT molecular complexity index is 285. The van der Waals surface area contributed by atoms with Crippen LogP contribution < -0.4 is 5.32 Å². The van der Waals surface area contributed by atoms with Gasteiger partial charge in [0.25, 0.3) is 0 Å². The first-order chi connectivity index (χ1) is 8.19. The molecule has 2 N–H and O–H groups in total. The van der Waals surface area contributed by atoms with Crippen molar-refractivity contribution in [3.8, 4) is 0 Å². The molecule has 1 heterocycles. The van der Waals surface area contributed by atoms with Gasteiger partial charge in [0.2, 0.25) is 0 Å². The number of carbonyl (C=O) groups is 1. The lowest BCUT2D eigenvalue weighted by atomic mass is 9.77. The minimum Gasteiger partial charge on any atom is -0.447 e. The average Bonchev–Trinajstić information content (AvgIpc) is 2.22. The van der Waals surface area contributed by atoms with E-state index in [4.69, 9.17) is 9.84 Å². The molecule has 0 aromatic rings. The fourth-order valence-electron chi connectivity index (χ4n) is 2.82. The van der Waals surface area contributed by atoms with Crippen LogP contribution in [0.4, 0.5) is 4.79 Å². The molecule has 0 spiro atoms. The van der Waals surface area contributed by atoms with Crippen LogP contribution in [0.3, 0.4) is 0 Å². The topological polar surface area (TPSA) is 61.8 Å². The predicted molar refractivity (Wildman–Crippen MR) is 70.5 cm³/mol. The van der Waals surface area contributed by atoms with Crippen molar-refractivity contribution in [2.24, 2.45) is 0 Å². The highest BCUT2D eigenvalue weighted by Crippen LogP contribution is 2.36. The summed E-state index contributed by atoms with van der Waals surface area (Å²) in [7, 11) is 2.13. The highest BCUT2D eigenvalue weighted by molar-refractivity contribution is 5.67. The molecular formula is C13H26N2O3. The van der Waals surface area contributed by atoms with E-state index < -0.39 is 6.09 Å². The second kappa shape index (κ2) is 5.45. The third-order valence-electron chi connectivity index (χ3n) is 3.95. The minimum atomic E-state index is -0.440. The summed E-state index contributed by atoms with van der Waals surface area (Å²) < 4.78 is 4.84. The molecule has 106 valence electrons. The maximum absolute atomic E-state index is 11.5. The molecular weight excluding hydrogens is 232 g/mol. The van der Waals surface area contributed by atoms with Gasteiger partial charge in [-0.25, -0.2) is 4.79 Å². The lowest BCUT2D eigenvalue weighted by molar-refractivity contribution is -0.0180. The lowest BCUT2D eigenvalue weighted by Crippen LogP contribution is -2.62. The number of hydrogen-bond donors (Lipinski definition) is 2. The lowest BCUT2D eigenvalue weighted by Gasteiger charge is -2.53. The van der Waals surface area contributed by atoms with E-state index in [0.29, 0.717) is 0 Å². The molecule has 1 aliphatic heterocycles. The summed E-state index contributed by atoms with van der Waals surface area (Å²) >= 11 is 0. The van der Waals surface area contributed by atoms with Crippen LogP contribution >= 0.6 is 0 Å². The predicted octanol–water partition coefficient (Wildman–Crippen LogP) is 1.36. The van der Waals surface area contributed by atoms with Crippen LogP contribution in [-0.2, 0) is 4.74 Å². The van der Waals surface area contributed by atoms with Crippen molar-refractivity contribution in [1.82, 2.24) is 10.2 Å². The van der Waals surface area contributed by atoms with Crippen LogP contribution in [0.5, 0.6) is 0 Å². The number of likely N-dealkylation sites (tertiary alicyclic amines) is 1. The number of ether oxygens (including phenoxy) is 1. The fraction of sp³-hybridized carbons (Fsp3) is 0.923. The van der Waals surface area contributed by atoms with Crippen LogP contribution in [-0.4, -0.2) is 53.5 Å². The van der Waals surface area contributed by atoms with Crippen molar-refractivity contribution in [2.45, 2.75) is 57.7 Å². The second-order valence-corrected chi connectivity index (χ2v) is 6.29. The number of alkyl carbamates (subject to hydrolysis) is 1. The quantitative estimate of drug-likeness (QED) is 0.802. The van der Waals surface area contributed by atoms with E-state index in [0.717, 1.165) is 12.8 Å². The van der Waals surface area contributed by atoms with E-state index in [1.165, 1.54) is 0 Å². The summed E-state index contributed by atoms with van der Waals surface area (Å²) in [5, 5.41) is 11.5. The first kappa shape index (κ1) is 15.2. The molecule has 18 heavy (non-hydrogen) atoms. The number of rotatable bonds is 3. The highest BCUT2D eigenvalue weighted by atomic mass is 16.6. The van der Waals surface area contributed by atoms with E-state index >= 15 is 0 Å². The van der Waals surface area contributed by atoms with Gasteiger partial charge in [-0.15, -0.1) is 0 Å². The van der Waals surface area contributed by atoms with Crippen LogP contribution in [0.2, 0.25) is 0 Å². The van der Waals surface area contributed by atoms with E-state index in [2.05, 4.69) is 45.0 Å². The molecule has 1 rings (SSSR count). The van der Waals surface area contributed by atoms with Gasteiger partial charge in [0, 0.05) is 17.1 Å². The Balaban J connectivity index is 2.61. The smallest absolute Gasteiger partial charge is 0.407 e. The summed E-state index contributed by atoms with van der Waals surface area (Å²) in [6.07, 6.45) is 1.34. The van der Waals surface area contributed by atoms with Crippen molar-refractivity contribution < 1.29 is 14.6 Å². The largest absolute Gasteiger partial charge is 0.447 e. The molecule has 1 fully saturated rings. The Morgan fingerprint density at radius 3 is 2.28 bits per heavy atom. The SMILES string of the molecule is CN1C(C)(C)CC(NC(=O)OCCO)CC1(C)C. The zero-order chi connectivity index (χ0) is 14.0. The van der Waals surface area contributed by atoms with Crippen LogP contribution in [0.1, 0.15) is 40.5 Å². The molecule has 5 heteroatoms. The Labute approximate surface area is 109 Å². The van der Waals surface area contributed by atoms with Gasteiger partial charge in [-0.1, -0.05) is 0 Å². The molecule has 0 aromatic heterocycles. The number of amides is 1. The van der Waals surface area contributed by atoms with E-state index in [1.807, 2.05) is 0 Å². The Morgan fingerprint density at radius 2 is 1.83 bits per heavy atom.